The highest BCUT2D eigenvalue weighted by Crippen LogP contribution is 2.14. The summed E-state index contributed by atoms with van der Waals surface area (Å²) in [5, 5.41) is 11.6. The fraction of sp³-hybridized carbons (Fsp3) is 0.545. The van der Waals surface area contributed by atoms with E-state index >= 15 is 0 Å². The zero-order valence-corrected chi connectivity index (χ0v) is 10.6. The van der Waals surface area contributed by atoms with Crippen molar-refractivity contribution in [2.75, 3.05) is 6.54 Å². The van der Waals surface area contributed by atoms with Crippen LogP contribution in [0.4, 0.5) is 8.78 Å². The van der Waals surface area contributed by atoms with Crippen molar-refractivity contribution in [2.45, 2.75) is 32.4 Å². The van der Waals surface area contributed by atoms with Crippen LogP contribution in [0.15, 0.2) is 12.3 Å². The highest BCUT2D eigenvalue weighted by atomic mass is 35.5. The molecule has 4 nitrogen and oxygen atoms in total. The minimum Gasteiger partial charge on any atom is -0.385 e. The molecule has 0 aliphatic carbocycles. The SMILES string of the molecule is CCCn1cc(Cl)cc1C(=O)NCC(O)C(F)F. The number of halogens is 3. The number of alkyl halides is 2. The summed E-state index contributed by atoms with van der Waals surface area (Å²) in [5.41, 5.74) is 0.295. The van der Waals surface area contributed by atoms with Crippen molar-refractivity contribution in [1.82, 2.24) is 9.88 Å². The molecule has 0 aromatic carbocycles. The van der Waals surface area contributed by atoms with Gasteiger partial charge >= 0.3 is 0 Å². The third kappa shape index (κ3) is 3.96. The van der Waals surface area contributed by atoms with Crippen molar-refractivity contribution < 1.29 is 18.7 Å². The van der Waals surface area contributed by atoms with E-state index in [0.29, 0.717) is 17.3 Å². The third-order valence-corrected chi connectivity index (χ3v) is 2.53. The number of aromatic nitrogens is 1. The molecule has 1 rings (SSSR count). The van der Waals surface area contributed by atoms with E-state index in [9.17, 15) is 13.6 Å². The van der Waals surface area contributed by atoms with Crippen LogP contribution in [0.5, 0.6) is 0 Å². The topological polar surface area (TPSA) is 54.3 Å². The zero-order valence-electron chi connectivity index (χ0n) is 9.87. The minimum absolute atomic E-state index is 0.295. The monoisotopic (exact) mass is 280 g/mol. The lowest BCUT2D eigenvalue weighted by molar-refractivity contribution is -0.00274. The predicted octanol–water partition coefficient (Wildman–Crippen LogP) is 1.91. The van der Waals surface area contributed by atoms with E-state index < -0.39 is 25.0 Å². The van der Waals surface area contributed by atoms with Crippen LogP contribution < -0.4 is 5.32 Å². The molecule has 0 radical (unpaired) electrons. The van der Waals surface area contributed by atoms with Crippen LogP contribution in [0, 0.1) is 0 Å². The van der Waals surface area contributed by atoms with Crippen LogP contribution in [0.2, 0.25) is 5.02 Å². The Bertz CT molecular complexity index is 410. The van der Waals surface area contributed by atoms with Crippen molar-refractivity contribution in [3.8, 4) is 0 Å². The Kier molecular flexibility index (Phi) is 5.55. The van der Waals surface area contributed by atoms with Gasteiger partial charge in [0.1, 0.15) is 11.8 Å². The number of rotatable bonds is 6. The van der Waals surface area contributed by atoms with Crippen molar-refractivity contribution in [3.63, 3.8) is 0 Å². The standard InChI is InChI=1S/C11H15ClF2N2O2/c1-2-3-16-6-7(12)4-8(16)11(18)15-5-9(17)10(13)14/h4,6,9-10,17H,2-3,5H2,1H3,(H,15,18). The summed E-state index contributed by atoms with van der Waals surface area (Å²) in [5.74, 6) is -0.532. The number of aliphatic hydroxyl groups excluding tert-OH is 1. The van der Waals surface area contributed by atoms with Gasteiger partial charge in [-0.25, -0.2) is 8.78 Å². The van der Waals surface area contributed by atoms with Gasteiger partial charge in [-0.2, -0.15) is 0 Å². The Balaban J connectivity index is 2.66. The number of hydrogen-bond acceptors (Lipinski definition) is 2. The van der Waals surface area contributed by atoms with Gasteiger partial charge in [-0.05, 0) is 12.5 Å². The van der Waals surface area contributed by atoms with E-state index in [4.69, 9.17) is 16.7 Å². The van der Waals surface area contributed by atoms with Crippen LogP contribution in [-0.4, -0.2) is 34.7 Å². The molecule has 18 heavy (non-hydrogen) atoms. The van der Waals surface area contributed by atoms with E-state index in [2.05, 4.69) is 5.32 Å². The summed E-state index contributed by atoms with van der Waals surface area (Å²) in [6, 6.07) is 1.46. The Morgan fingerprint density at radius 1 is 1.61 bits per heavy atom. The average Bonchev–Trinajstić information content (AvgIpc) is 2.67. The van der Waals surface area contributed by atoms with Gasteiger partial charge in [0.25, 0.3) is 12.3 Å². The second-order valence-corrected chi connectivity index (χ2v) is 4.29. The van der Waals surface area contributed by atoms with Crippen LogP contribution in [0.25, 0.3) is 0 Å². The van der Waals surface area contributed by atoms with Crippen LogP contribution >= 0.6 is 11.6 Å². The summed E-state index contributed by atoms with van der Waals surface area (Å²) >= 11 is 5.79. The molecule has 102 valence electrons. The molecule has 0 bridgehead atoms. The normalized spacial score (nSPS) is 12.8. The Morgan fingerprint density at radius 2 is 2.28 bits per heavy atom. The number of hydrogen-bond donors (Lipinski definition) is 2. The van der Waals surface area contributed by atoms with Crippen LogP contribution in [0.3, 0.4) is 0 Å². The van der Waals surface area contributed by atoms with Gasteiger partial charge in [0.2, 0.25) is 0 Å². The van der Waals surface area contributed by atoms with Gasteiger partial charge in [-0.15, -0.1) is 0 Å². The Morgan fingerprint density at radius 3 is 2.83 bits per heavy atom. The lowest BCUT2D eigenvalue weighted by atomic mass is 10.3. The van der Waals surface area contributed by atoms with E-state index in [1.54, 1.807) is 10.8 Å². The number of nitrogens with one attached hydrogen (secondary N) is 1. The number of nitrogens with zero attached hydrogens (tertiary/aromatic N) is 1. The smallest absolute Gasteiger partial charge is 0.268 e. The van der Waals surface area contributed by atoms with E-state index in [0.717, 1.165) is 6.42 Å². The largest absolute Gasteiger partial charge is 0.385 e. The number of carbonyl (C=O) groups excluding carboxylic acids is 1. The van der Waals surface area contributed by atoms with Gasteiger partial charge < -0.3 is 15.0 Å². The molecule has 1 aromatic heterocycles. The van der Waals surface area contributed by atoms with Crippen LogP contribution in [-0.2, 0) is 6.54 Å². The minimum atomic E-state index is -2.88. The van der Waals surface area contributed by atoms with Gasteiger partial charge in [0.15, 0.2) is 0 Å². The molecule has 7 heteroatoms. The van der Waals surface area contributed by atoms with Gasteiger partial charge in [-0.3, -0.25) is 4.79 Å². The predicted molar refractivity (Wildman–Crippen MR) is 64.1 cm³/mol. The summed E-state index contributed by atoms with van der Waals surface area (Å²) < 4.78 is 25.8. The molecule has 0 aliphatic heterocycles. The first-order chi connectivity index (χ1) is 8.45. The second kappa shape index (κ2) is 6.70. The van der Waals surface area contributed by atoms with E-state index in [-0.39, 0.29) is 0 Å². The molecule has 2 N–H and O–H groups in total. The Labute approximate surface area is 109 Å². The highest BCUT2D eigenvalue weighted by Gasteiger charge is 2.19. The molecule has 1 aromatic rings. The van der Waals surface area contributed by atoms with Crippen molar-refractivity contribution >= 4 is 17.5 Å². The fourth-order valence-electron chi connectivity index (χ4n) is 1.47. The maximum absolute atomic E-state index is 12.1. The van der Waals surface area contributed by atoms with Crippen molar-refractivity contribution in [1.29, 1.82) is 0 Å². The Hall–Kier alpha value is -1.14. The summed E-state index contributed by atoms with van der Waals surface area (Å²) in [6.45, 7) is 2.05. The number of aryl methyl sites for hydroxylation is 1. The summed E-state index contributed by atoms with van der Waals surface area (Å²) in [4.78, 5) is 11.7. The molecular weight excluding hydrogens is 266 g/mol. The molecule has 1 atom stereocenters. The van der Waals surface area contributed by atoms with Gasteiger partial charge in [0.05, 0.1) is 5.02 Å². The molecule has 1 amide bonds. The van der Waals surface area contributed by atoms with Gasteiger partial charge in [-0.1, -0.05) is 18.5 Å². The maximum Gasteiger partial charge on any atom is 0.268 e. The fourth-order valence-corrected chi connectivity index (χ4v) is 1.69. The number of aliphatic hydroxyl groups is 1. The quantitative estimate of drug-likeness (QED) is 0.836. The zero-order chi connectivity index (χ0) is 13.7. The molecule has 0 saturated carbocycles. The summed E-state index contributed by atoms with van der Waals surface area (Å²) in [7, 11) is 0. The molecule has 1 unspecified atom stereocenters. The molecular formula is C11H15ClF2N2O2. The van der Waals surface area contributed by atoms with Crippen molar-refractivity contribution in [3.05, 3.63) is 23.0 Å². The van der Waals surface area contributed by atoms with Gasteiger partial charge in [0, 0.05) is 19.3 Å². The lowest BCUT2D eigenvalue weighted by Crippen LogP contribution is -2.36. The number of carbonyl (C=O) groups is 1. The average molecular weight is 281 g/mol. The third-order valence-electron chi connectivity index (χ3n) is 2.32. The highest BCUT2D eigenvalue weighted by molar-refractivity contribution is 6.31. The van der Waals surface area contributed by atoms with Crippen LogP contribution in [0.1, 0.15) is 23.8 Å². The maximum atomic E-state index is 12.1. The molecule has 1 heterocycles. The first-order valence-corrected chi connectivity index (χ1v) is 5.93. The molecule has 0 aliphatic rings. The first-order valence-electron chi connectivity index (χ1n) is 5.55. The molecule has 0 spiro atoms. The number of amides is 1. The molecule has 0 fully saturated rings. The van der Waals surface area contributed by atoms with Crippen molar-refractivity contribution in [2.24, 2.45) is 0 Å². The second-order valence-electron chi connectivity index (χ2n) is 3.85. The lowest BCUT2D eigenvalue weighted by Gasteiger charge is -2.12. The molecule has 0 saturated heterocycles. The summed E-state index contributed by atoms with van der Waals surface area (Å²) in [6.07, 6.45) is -2.33. The van der Waals surface area contributed by atoms with E-state index in [1.165, 1.54) is 6.07 Å². The first kappa shape index (κ1) is 14.9. The van der Waals surface area contributed by atoms with E-state index in [1.807, 2.05) is 6.92 Å².